The van der Waals surface area contributed by atoms with E-state index >= 15 is 0 Å². The van der Waals surface area contributed by atoms with Gasteiger partial charge in [0.05, 0.1) is 11.5 Å². The topological polar surface area (TPSA) is 118 Å². The molecule has 0 bridgehead atoms. The molecule has 124 valence electrons. The maximum atomic E-state index is 12.7. The Morgan fingerprint density at radius 1 is 1.38 bits per heavy atom. The monoisotopic (exact) mass is 367 g/mol. The van der Waals surface area contributed by atoms with E-state index in [9.17, 15) is 19.7 Å². The molecular weight excluding hydrogens is 358 g/mol. The number of imide groups is 1. The van der Waals surface area contributed by atoms with Gasteiger partial charge in [-0.1, -0.05) is 16.1 Å². The number of benzene rings is 1. The first kappa shape index (κ1) is 16.3. The lowest BCUT2D eigenvalue weighted by Gasteiger charge is -2.21. The first-order chi connectivity index (χ1) is 11.3. The van der Waals surface area contributed by atoms with E-state index in [0.29, 0.717) is 15.6 Å². The SMILES string of the molecule is CC1(c2ccc([N+](=O)[O-])cc2)NC(=O)N(Cc2nnsc2Cl)C1=O. The summed E-state index contributed by atoms with van der Waals surface area (Å²) in [5.74, 6) is -0.495. The second kappa shape index (κ2) is 5.80. The van der Waals surface area contributed by atoms with E-state index in [2.05, 4.69) is 14.9 Å². The van der Waals surface area contributed by atoms with Crippen molar-refractivity contribution in [1.29, 1.82) is 0 Å². The van der Waals surface area contributed by atoms with Crippen molar-refractivity contribution in [3.05, 3.63) is 50.0 Å². The third kappa shape index (κ3) is 2.59. The fraction of sp³-hybridized carbons (Fsp3) is 0.231. The summed E-state index contributed by atoms with van der Waals surface area (Å²) in [6.45, 7) is 1.44. The lowest BCUT2D eigenvalue weighted by Crippen LogP contribution is -2.40. The number of carbonyl (C=O) groups is 2. The third-order valence-electron chi connectivity index (χ3n) is 3.75. The number of non-ortho nitro benzene ring substituents is 1. The van der Waals surface area contributed by atoms with Crippen LogP contribution in [0.15, 0.2) is 24.3 Å². The van der Waals surface area contributed by atoms with Gasteiger partial charge in [0.25, 0.3) is 11.6 Å². The van der Waals surface area contributed by atoms with E-state index in [4.69, 9.17) is 11.6 Å². The molecular formula is C13H10ClN5O4S. The summed E-state index contributed by atoms with van der Waals surface area (Å²) >= 11 is 6.87. The zero-order valence-electron chi connectivity index (χ0n) is 12.2. The number of nitro benzene ring substituents is 1. The molecule has 24 heavy (non-hydrogen) atoms. The van der Waals surface area contributed by atoms with Crippen molar-refractivity contribution in [3.63, 3.8) is 0 Å². The average Bonchev–Trinajstić information content (AvgIpc) is 3.05. The Morgan fingerprint density at radius 3 is 2.58 bits per heavy atom. The number of hydrogen-bond acceptors (Lipinski definition) is 7. The van der Waals surface area contributed by atoms with Crippen LogP contribution < -0.4 is 5.32 Å². The molecule has 9 nitrogen and oxygen atoms in total. The first-order valence-electron chi connectivity index (χ1n) is 6.68. The van der Waals surface area contributed by atoms with Gasteiger partial charge in [0.2, 0.25) is 0 Å². The summed E-state index contributed by atoms with van der Waals surface area (Å²) in [7, 11) is 0. The minimum absolute atomic E-state index is 0.0947. The Kier molecular flexibility index (Phi) is 3.93. The maximum absolute atomic E-state index is 12.7. The van der Waals surface area contributed by atoms with Gasteiger partial charge < -0.3 is 5.32 Å². The average molecular weight is 368 g/mol. The van der Waals surface area contributed by atoms with Crippen LogP contribution in [-0.2, 0) is 16.9 Å². The lowest BCUT2D eigenvalue weighted by atomic mass is 9.92. The highest BCUT2D eigenvalue weighted by Gasteiger charge is 2.49. The predicted molar refractivity (Wildman–Crippen MR) is 84.4 cm³/mol. The number of nitrogens with one attached hydrogen (secondary N) is 1. The van der Waals surface area contributed by atoms with E-state index in [-0.39, 0.29) is 12.2 Å². The molecule has 0 saturated carbocycles. The van der Waals surface area contributed by atoms with E-state index in [1.807, 2.05) is 0 Å². The quantitative estimate of drug-likeness (QED) is 0.502. The molecule has 1 atom stereocenters. The standard InChI is InChI=1S/C13H10ClN5O4S/c1-13(7-2-4-8(5-3-7)19(22)23)11(20)18(12(21)15-13)6-9-10(14)24-17-16-9/h2-5H,6H2,1H3,(H,15,21). The van der Waals surface area contributed by atoms with Crippen LogP contribution >= 0.6 is 23.1 Å². The van der Waals surface area contributed by atoms with Gasteiger partial charge in [-0.2, -0.15) is 0 Å². The Labute approximate surface area is 144 Å². The van der Waals surface area contributed by atoms with Gasteiger partial charge in [-0.3, -0.25) is 19.8 Å². The van der Waals surface area contributed by atoms with Crippen LogP contribution in [0.3, 0.4) is 0 Å². The molecule has 2 heterocycles. The van der Waals surface area contributed by atoms with E-state index in [0.717, 1.165) is 16.4 Å². The van der Waals surface area contributed by atoms with Gasteiger partial charge in [-0.15, -0.1) is 5.10 Å². The Bertz CT molecular complexity index is 839. The molecule has 1 fully saturated rings. The van der Waals surface area contributed by atoms with Crippen molar-refractivity contribution in [1.82, 2.24) is 19.8 Å². The summed E-state index contributed by atoms with van der Waals surface area (Å²) in [5.41, 5.74) is -0.645. The zero-order valence-corrected chi connectivity index (χ0v) is 13.8. The predicted octanol–water partition coefficient (Wildman–Crippen LogP) is 2.07. The molecule has 0 aliphatic carbocycles. The van der Waals surface area contributed by atoms with E-state index < -0.39 is 22.4 Å². The fourth-order valence-electron chi connectivity index (χ4n) is 2.39. The number of nitro groups is 1. The van der Waals surface area contributed by atoms with Crippen molar-refractivity contribution in [2.75, 3.05) is 0 Å². The van der Waals surface area contributed by atoms with Gasteiger partial charge in [0.15, 0.2) is 0 Å². The van der Waals surface area contributed by atoms with Crippen molar-refractivity contribution in [2.24, 2.45) is 0 Å². The summed E-state index contributed by atoms with van der Waals surface area (Å²) in [4.78, 5) is 36.1. The van der Waals surface area contributed by atoms with Crippen LogP contribution in [0, 0.1) is 10.1 Å². The van der Waals surface area contributed by atoms with E-state index in [1.54, 1.807) is 0 Å². The summed E-state index contributed by atoms with van der Waals surface area (Å²) in [6, 6.07) is 4.85. The van der Waals surface area contributed by atoms with Crippen molar-refractivity contribution >= 4 is 40.8 Å². The van der Waals surface area contributed by atoms with Crippen LogP contribution in [0.25, 0.3) is 0 Å². The molecule has 0 radical (unpaired) electrons. The van der Waals surface area contributed by atoms with Crippen LogP contribution in [-0.4, -0.2) is 31.3 Å². The molecule has 0 spiro atoms. The Hall–Kier alpha value is -2.59. The maximum Gasteiger partial charge on any atom is 0.325 e. The van der Waals surface area contributed by atoms with Gasteiger partial charge in [-0.05, 0) is 24.6 Å². The molecule has 3 rings (SSSR count). The molecule has 1 aromatic carbocycles. The second-order valence-corrected chi connectivity index (χ2v) is 6.60. The number of hydrogen-bond donors (Lipinski definition) is 1. The number of nitrogens with zero attached hydrogens (tertiary/aromatic N) is 4. The highest BCUT2D eigenvalue weighted by Crippen LogP contribution is 2.31. The molecule has 3 amide bonds. The molecule has 1 saturated heterocycles. The van der Waals surface area contributed by atoms with Gasteiger partial charge in [-0.25, -0.2) is 4.79 Å². The largest absolute Gasteiger partial charge is 0.325 e. The lowest BCUT2D eigenvalue weighted by molar-refractivity contribution is -0.384. The highest BCUT2D eigenvalue weighted by atomic mass is 35.5. The third-order valence-corrected chi connectivity index (χ3v) is 4.73. The minimum Gasteiger partial charge on any atom is -0.319 e. The van der Waals surface area contributed by atoms with E-state index in [1.165, 1.54) is 31.2 Å². The molecule has 1 N–H and O–H groups in total. The van der Waals surface area contributed by atoms with Gasteiger partial charge in [0, 0.05) is 23.7 Å². The molecule has 1 aliphatic heterocycles. The number of aromatic nitrogens is 2. The molecule has 1 unspecified atom stereocenters. The minimum atomic E-state index is -1.32. The first-order valence-corrected chi connectivity index (χ1v) is 7.84. The van der Waals surface area contributed by atoms with Crippen molar-refractivity contribution in [3.8, 4) is 0 Å². The van der Waals surface area contributed by atoms with Crippen LogP contribution in [0.2, 0.25) is 4.34 Å². The highest BCUT2D eigenvalue weighted by molar-refractivity contribution is 7.10. The summed E-state index contributed by atoms with van der Waals surface area (Å²) in [6.07, 6.45) is 0. The van der Waals surface area contributed by atoms with Crippen LogP contribution in [0.5, 0.6) is 0 Å². The number of amides is 3. The number of rotatable bonds is 4. The van der Waals surface area contributed by atoms with Crippen LogP contribution in [0.1, 0.15) is 18.2 Å². The second-order valence-electron chi connectivity index (χ2n) is 5.24. The summed E-state index contributed by atoms with van der Waals surface area (Å²) < 4.78 is 3.97. The molecule has 1 aromatic heterocycles. The number of urea groups is 1. The summed E-state index contributed by atoms with van der Waals surface area (Å²) in [5, 5.41) is 17.1. The van der Waals surface area contributed by atoms with Crippen molar-refractivity contribution < 1.29 is 14.5 Å². The van der Waals surface area contributed by atoms with Crippen LogP contribution in [0.4, 0.5) is 10.5 Å². The van der Waals surface area contributed by atoms with Gasteiger partial charge >= 0.3 is 6.03 Å². The molecule has 2 aromatic rings. The number of halogens is 1. The Balaban J connectivity index is 1.89. The smallest absolute Gasteiger partial charge is 0.319 e. The molecule has 1 aliphatic rings. The molecule has 11 heteroatoms. The van der Waals surface area contributed by atoms with Gasteiger partial charge in [0.1, 0.15) is 15.6 Å². The normalized spacial score (nSPS) is 20.3. The number of carbonyl (C=O) groups excluding carboxylic acids is 2. The zero-order chi connectivity index (χ0) is 17.5. The van der Waals surface area contributed by atoms with Crippen molar-refractivity contribution in [2.45, 2.75) is 19.0 Å². The fourth-order valence-corrected chi connectivity index (χ4v) is 3.01. The Morgan fingerprint density at radius 2 is 2.04 bits per heavy atom.